The van der Waals surface area contributed by atoms with Crippen LogP contribution in [0, 0.1) is 0 Å². The lowest BCUT2D eigenvalue weighted by Gasteiger charge is -2.25. The molecule has 2 amide bonds. The Morgan fingerprint density at radius 3 is 2.81 bits per heavy atom. The van der Waals surface area contributed by atoms with E-state index in [1.165, 1.54) is 4.90 Å². The molecule has 0 radical (unpaired) electrons. The summed E-state index contributed by atoms with van der Waals surface area (Å²) in [4.78, 5) is 15.8. The summed E-state index contributed by atoms with van der Waals surface area (Å²) < 4.78 is 0. The van der Waals surface area contributed by atoms with Crippen molar-refractivity contribution in [2.75, 3.05) is 31.6 Å². The van der Waals surface area contributed by atoms with Gasteiger partial charge in [0.05, 0.1) is 12.6 Å². The smallest absolute Gasteiger partial charge is 0.317 e. The van der Waals surface area contributed by atoms with Crippen LogP contribution in [0.5, 0.6) is 0 Å². The monoisotopic (exact) mass is 311 g/mol. The number of aliphatic hydroxyl groups is 1. The molecule has 116 valence electrons. The van der Waals surface area contributed by atoms with Crippen LogP contribution in [0.1, 0.15) is 13.3 Å². The van der Waals surface area contributed by atoms with Gasteiger partial charge in [0.25, 0.3) is 0 Å². The molecule has 2 rings (SSSR count). The van der Waals surface area contributed by atoms with Gasteiger partial charge in [0.1, 0.15) is 0 Å². The lowest BCUT2D eigenvalue weighted by molar-refractivity contribution is 0.155. The highest BCUT2D eigenvalue weighted by Gasteiger charge is 2.26. The minimum atomic E-state index is -0.182. The second kappa shape index (κ2) is 7.00. The zero-order valence-corrected chi connectivity index (χ0v) is 13.2. The fraction of sp³-hybridized carbons (Fsp3) is 0.533. The van der Waals surface area contributed by atoms with Gasteiger partial charge < -0.3 is 20.2 Å². The van der Waals surface area contributed by atoms with Crippen LogP contribution in [-0.4, -0.2) is 54.9 Å². The average Bonchev–Trinajstić information content (AvgIpc) is 2.94. The molecule has 0 aromatic heterocycles. The molecule has 1 fully saturated rings. The van der Waals surface area contributed by atoms with Crippen molar-refractivity contribution in [1.82, 2.24) is 10.2 Å². The van der Waals surface area contributed by atoms with E-state index in [2.05, 4.69) is 10.2 Å². The van der Waals surface area contributed by atoms with Crippen LogP contribution in [0.4, 0.5) is 10.5 Å². The summed E-state index contributed by atoms with van der Waals surface area (Å²) in [6.07, 6.45) is 0.912. The lowest BCUT2D eigenvalue weighted by Crippen LogP contribution is -2.48. The molecule has 0 aliphatic carbocycles. The van der Waals surface area contributed by atoms with E-state index in [0.717, 1.165) is 30.2 Å². The zero-order chi connectivity index (χ0) is 15.4. The molecule has 2 unspecified atom stereocenters. The van der Waals surface area contributed by atoms with Crippen LogP contribution in [0.25, 0.3) is 0 Å². The molecule has 1 aliphatic rings. The van der Waals surface area contributed by atoms with Crippen LogP contribution in [0.15, 0.2) is 24.3 Å². The fourth-order valence-electron chi connectivity index (χ4n) is 2.36. The van der Waals surface area contributed by atoms with E-state index in [1.54, 1.807) is 7.05 Å². The van der Waals surface area contributed by atoms with E-state index in [9.17, 15) is 4.79 Å². The van der Waals surface area contributed by atoms with E-state index in [1.807, 2.05) is 31.2 Å². The molecule has 0 saturated carbocycles. The molecular formula is C15H22ClN3O2. The third-order valence-electron chi connectivity index (χ3n) is 3.95. The summed E-state index contributed by atoms with van der Waals surface area (Å²) in [6.45, 7) is 3.47. The third kappa shape index (κ3) is 4.02. The summed E-state index contributed by atoms with van der Waals surface area (Å²) in [5.74, 6) is 0. The second-order valence-corrected chi connectivity index (χ2v) is 5.94. The van der Waals surface area contributed by atoms with Gasteiger partial charge in [0.2, 0.25) is 0 Å². The molecule has 1 heterocycles. The van der Waals surface area contributed by atoms with Gasteiger partial charge in [-0.2, -0.15) is 0 Å². The normalized spacial score (nSPS) is 19.4. The Balaban J connectivity index is 1.88. The number of hydrogen-bond donors (Lipinski definition) is 2. The van der Waals surface area contributed by atoms with Gasteiger partial charge in [-0.15, -0.1) is 0 Å². The maximum atomic E-state index is 12.1. The van der Waals surface area contributed by atoms with Crippen molar-refractivity contribution < 1.29 is 9.90 Å². The van der Waals surface area contributed by atoms with Crippen LogP contribution in [0.3, 0.4) is 0 Å². The standard InChI is InChI=1S/C15H22ClN3O2/c1-11(10-20)18(2)15(21)17-13-7-8-19(9-13)14-5-3-12(16)4-6-14/h3-6,11,13,20H,7-10H2,1-2H3,(H,17,21). The molecule has 21 heavy (non-hydrogen) atoms. The molecule has 2 atom stereocenters. The van der Waals surface area contributed by atoms with Gasteiger partial charge in [0.15, 0.2) is 0 Å². The van der Waals surface area contributed by atoms with Crippen molar-refractivity contribution in [2.45, 2.75) is 25.4 Å². The summed E-state index contributed by atoms with van der Waals surface area (Å²) >= 11 is 5.89. The number of likely N-dealkylation sites (N-methyl/N-ethyl adjacent to an activating group) is 1. The van der Waals surface area contributed by atoms with E-state index < -0.39 is 0 Å². The summed E-state index contributed by atoms with van der Waals surface area (Å²) in [7, 11) is 1.70. The largest absolute Gasteiger partial charge is 0.394 e. The number of carbonyl (C=O) groups is 1. The second-order valence-electron chi connectivity index (χ2n) is 5.50. The first-order chi connectivity index (χ1) is 10.0. The quantitative estimate of drug-likeness (QED) is 0.893. The van der Waals surface area contributed by atoms with Gasteiger partial charge in [-0.3, -0.25) is 0 Å². The average molecular weight is 312 g/mol. The first kappa shape index (κ1) is 15.9. The molecule has 1 aliphatic heterocycles. The predicted octanol–water partition coefficient (Wildman–Crippen LogP) is 1.94. The molecule has 5 nitrogen and oxygen atoms in total. The number of nitrogens with zero attached hydrogens (tertiary/aromatic N) is 2. The SMILES string of the molecule is CC(CO)N(C)C(=O)NC1CCN(c2ccc(Cl)cc2)C1. The third-order valence-corrected chi connectivity index (χ3v) is 4.21. The summed E-state index contributed by atoms with van der Waals surface area (Å²) in [5.41, 5.74) is 1.12. The highest BCUT2D eigenvalue weighted by molar-refractivity contribution is 6.30. The van der Waals surface area contributed by atoms with Crippen molar-refractivity contribution in [2.24, 2.45) is 0 Å². The van der Waals surface area contributed by atoms with Crippen LogP contribution < -0.4 is 10.2 Å². The molecule has 0 bridgehead atoms. The van der Waals surface area contributed by atoms with Crippen molar-refractivity contribution in [3.05, 3.63) is 29.3 Å². The number of aliphatic hydroxyl groups excluding tert-OH is 1. The highest BCUT2D eigenvalue weighted by Crippen LogP contribution is 2.22. The Kier molecular flexibility index (Phi) is 5.31. The van der Waals surface area contributed by atoms with Crippen molar-refractivity contribution in [3.63, 3.8) is 0 Å². The topological polar surface area (TPSA) is 55.8 Å². The van der Waals surface area contributed by atoms with Crippen LogP contribution in [-0.2, 0) is 0 Å². The minimum Gasteiger partial charge on any atom is -0.394 e. The maximum absolute atomic E-state index is 12.1. The zero-order valence-electron chi connectivity index (χ0n) is 12.4. The van der Waals surface area contributed by atoms with E-state index >= 15 is 0 Å². The Morgan fingerprint density at radius 2 is 2.19 bits per heavy atom. The van der Waals surface area contributed by atoms with E-state index in [4.69, 9.17) is 16.7 Å². The lowest BCUT2D eigenvalue weighted by atomic mass is 10.2. The maximum Gasteiger partial charge on any atom is 0.317 e. The molecule has 1 saturated heterocycles. The highest BCUT2D eigenvalue weighted by atomic mass is 35.5. The number of nitrogens with one attached hydrogen (secondary N) is 1. The van der Waals surface area contributed by atoms with Crippen LogP contribution in [0.2, 0.25) is 5.02 Å². The van der Waals surface area contributed by atoms with Gasteiger partial charge in [-0.1, -0.05) is 11.6 Å². The van der Waals surface area contributed by atoms with Crippen molar-refractivity contribution in [1.29, 1.82) is 0 Å². The van der Waals surface area contributed by atoms with Gasteiger partial charge in [-0.25, -0.2) is 4.79 Å². The Morgan fingerprint density at radius 1 is 1.52 bits per heavy atom. The van der Waals surface area contributed by atoms with Gasteiger partial charge in [0, 0.05) is 36.9 Å². The Bertz CT molecular complexity index is 480. The molecule has 2 N–H and O–H groups in total. The fourth-order valence-corrected chi connectivity index (χ4v) is 2.49. The number of hydrogen-bond acceptors (Lipinski definition) is 3. The predicted molar refractivity (Wildman–Crippen MR) is 84.9 cm³/mol. The summed E-state index contributed by atoms with van der Waals surface area (Å²) in [5, 5.41) is 12.8. The molecule has 6 heteroatoms. The number of halogens is 1. The molecular weight excluding hydrogens is 290 g/mol. The van der Waals surface area contributed by atoms with Crippen LogP contribution >= 0.6 is 11.6 Å². The van der Waals surface area contributed by atoms with Crippen molar-refractivity contribution >= 4 is 23.3 Å². The molecule has 0 spiro atoms. The van der Waals surface area contributed by atoms with E-state index in [0.29, 0.717) is 0 Å². The minimum absolute atomic E-state index is 0.0362. The van der Waals surface area contributed by atoms with E-state index in [-0.39, 0.29) is 24.7 Å². The summed E-state index contributed by atoms with van der Waals surface area (Å²) in [6, 6.07) is 7.54. The molecule has 1 aromatic rings. The number of anilines is 1. The first-order valence-corrected chi connectivity index (χ1v) is 7.53. The number of amides is 2. The van der Waals surface area contributed by atoms with Gasteiger partial charge in [-0.05, 0) is 37.6 Å². The Hall–Kier alpha value is -1.46. The van der Waals surface area contributed by atoms with Crippen molar-refractivity contribution in [3.8, 4) is 0 Å². The Labute approximate surface area is 130 Å². The number of benzene rings is 1. The van der Waals surface area contributed by atoms with Gasteiger partial charge >= 0.3 is 6.03 Å². The number of carbonyl (C=O) groups excluding carboxylic acids is 1. The molecule has 1 aromatic carbocycles. The number of urea groups is 1. The number of rotatable bonds is 4. The first-order valence-electron chi connectivity index (χ1n) is 7.16.